The van der Waals surface area contributed by atoms with Crippen LogP contribution in [0.15, 0.2) is 12.1 Å². The number of nitrogens with two attached hydrogens (primary N) is 1. The van der Waals surface area contributed by atoms with Gasteiger partial charge in [0.25, 0.3) is 5.91 Å². The molecule has 7 heteroatoms. The Morgan fingerprint density at radius 2 is 2.05 bits per heavy atom. The lowest BCUT2D eigenvalue weighted by Gasteiger charge is -2.13. The molecule has 0 aromatic heterocycles. The number of anilines is 1. The molecule has 1 unspecified atom stereocenters. The van der Waals surface area contributed by atoms with Crippen LogP contribution in [0.3, 0.4) is 0 Å². The van der Waals surface area contributed by atoms with Gasteiger partial charge in [-0.05, 0) is 25.5 Å². The van der Waals surface area contributed by atoms with Crippen LogP contribution < -0.4 is 11.1 Å². The second kappa shape index (κ2) is 8.10. The summed E-state index contributed by atoms with van der Waals surface area (Å²) < 4.78 is 4.91. The summed E-state index contributed by atoms with van der Waals surface area (Å²) in [5.74, 6) is -1.03. The van der Waals surface area contributed by atoms with E-state index in [2.05, 4.69) is 5.32 Å². The molecule has 0 fully saturated rings. The predicted octanol–water partition coefficient (Wildman–Crippen LogP) is 3.04. The van der Waals surface area contributed by atoms with Gasteiger partial charge in [-0.15, -0.1) is 0 Å². The zero-order valence-corrected chi connectivity index (χ0v) is 13.4. The number of rotatable bonds is 6. The summed E-state index contributed by atoms with van der Waals surface area (Å²) in [7, 11) is 0. The summed E-state index contributed by atoms with van der Waals surface area (Å²) in [4.78, 5) is 23.4. The molecular weight excluding hydrogens is 315 g/mol. The van der Waals surface area contributed by atoms with Crippen molar-refractivity contribution in [3.63, 3.8) is 0 Å². The molecule has 0 aliphatic carbocycles. The molecule has 3 N–H and O–H groups in total. The number of ether oxygens (including phenoxy) is 1. The standard InChI is InChI=1S/C14H18Cl2N2O3/c1-3-4-8(2)18-12(19)7-21-14(20)9-5-10(15)13(16)11(17)6-9/h5-6,8H,3-4,7,17H2,1-2H3,(H,18,19). The number of hydrogen-bond acceptors (Lipinski definition) is 4. The van der Waals surface area contributed by atoms with Crippen LogP contribution in [0, 0.1) is 0 Å². The van der Waals surface area contributed by atoms with Crippen molar-refractivity contribution in [3.8, 4) is 0 Å². The average molecular weight is 333 g/mol. The quantitative estimate of drug-likeness (QED) is 0.619. The normalized spacial score (nSPS) is 11.8. The number of nitrogens with one attached hydrogen (secondary N) is 1. The first-order chi connectivity index (χ1) is 9.85. The molecule has 0 aliphatic rings. The minimum Gasteiger partial charge on any atom is -0.452 e. The Morgan fingerprint density at radius 3 is 2.62 bits per heavy atom. The number of carbonyl (C=O) groups excluding carboxylic acids is 2. The highest BCUT2D eigenvalue weighted by atomic mass is 35.5. The minimum atomic E-state index is -0.682. The molecule has 0 saturated carbocycles. The molecule has 1 rings (SSSR count). The van der Waals surface area contributed by atoms with E-state index in [1.807, 2.05) is 13.8 Å². The lowest BCUT2D eigenvalue weighted by molar-refractivity contribution is -0.124. The van der Waals surface area contributed by atoms with Gasteiger partial charge in [0.1, 0.15) is 0 Å². The predicted molar refractivity (Wildman–Crippen MR) is 83.7 cm³/mol. The summed E-state index contributed by atoms with van der Waals surface area (Å²) >= 11 is 11.6. The van der Waals surface area contributed by atoms with Crippen molar-refractivity contribution in [1.82, 2.24) is 5.32 Å². The number of carbonyl (C=O) groups is 2. The Labute approximate surface area is 133 Å². The highest BCUT2D eigenvalue weighted by molar-refractivity contribution is 6.43. The second-order valence-corrected chi connectivity index (χ2v) is 5.48. The van der Waals surface area contributed by atoms with E-state index in [0.29, 0.717) is 0 Å². The van der Waals surface area contributed by atoms with Crippen molar-refractivity contribution in [3.05, 3.63) is 27.7 Å². The third-order valence-electron chi connectivity index (χ3n) is 2.76. The van der Waals surface area contributed by atoms with Crippen LogP contribution in [0.25, 0.3) is 0 Å². The van der Waals surface area contributed by atoms with E-state index in [1.54, 1.807) is 0 Å². The highest BCUT2D eigenvalue weighted by Gasteiger charge is 2.14. The van der Waals surface area contributed by atoms with Gasteiger partial charge in [-0.25, -0.2) is 4.79 Å². The van der Waals surface area contributed by atoms with Crippen LogP contribution in [0.5, 0.6) is 0 Å². The van der Waals surface area contributed by atoms with Gasteiger partial charge in [-0.2, -0.15) is 0 Å². The van der Waals surface area contributed by atoms with E-state index in [1.165, 1.54) is 12.1 Å². The molecular formula is C14H18Cl2N2O3. The zero-order valence-electron chi connectivity index (χ0n) is 11.9. The molecule has 0 radical (unpaired) electrons. The summed E-state index contributed by atoms with van der Waals surface area (Å²) in [6.45, 7) is 3.56. The molecule has 1 aromatic rings. The van der Waals surface area contributed by atoms with Crippen LogP contribution >= 0.6 is 23.2 Å². The first-order valence-corrected chi connectivity index (χ1v) is 7.31. The van der Waals surface area contributed by atoms with Gasteiger partial charge in [-0.3, -0.25) is 4.79 Å². The second-order valence-electron chi connectivity index (χ2n) is 4.69. The van der Waals surface area contributed by atoms with E-state index in [-0.39, 0.29) is 39.9 Å². The van der Waals surface area contributed by atoms with E-state index in [4.69, 9.17) is 33.7 Å². The molecule has 0 bridgehead atoms. The van der Waals surface area contributed by atoms with Gasteiger partial charge in [-0.1, -0.05) is 36.5 Å². The number of nitrogen functional groups attached to an aromatic ring is 1. The molecule has 116 valence electrons. The highest BCUT2D eigenvalue weighted by Crippen LogP contribution is 2.29. The van der Waals surface area contributed by atoms with E-state index >= 15 is 0 Å². The zero-order chi connectivity index (χ0) is 16.0. The first-order valence-electron chi connectivity index (χ1n) is 6.56. The van der Waals surface area contributed by atoms with Crippen molar-refractivity contribution in [1.29, 1.82) is 0 Å². The van der Waals surface area contributed by atoms with Crippen molar-refractivity contribution in [2.24, 2.45) is 0 Å². The topological polar surface area (TPSA) is 81.4 Å². The maximum atomic E-state index is 11.8. The van der Waals surface area contributed by atoms with Gasteiger partial charge in [0.15, 0.2) is 6.61 Å². The Morgan fingerprint density at radius 1 is 1.38 bits per heavy atom. The SMILES string of the molecule is CCCC(C)NC(=O)COC(=O)c1cc(N)c(Cl)c(Cl)c1. The maximum absolute atomic E-state index is 11.8. The first kappa shape index (κ1) is 17.6. The fourth-order valence-electron chi connectivity index (χ4n) is 1.76. The lowest BCUT2D eigenvalue weighted by Crippen LogP contribution is -2.35. The van der Waals surface area contributed by atoms with Crippen molar-refractivity contribution in [2.75, 3.05) is 12.3 Å². The molecule has 0 heterocycles. The van der Waals surface area contributed by atoms with Crippen LogP contribution in [0.2, 0.25) is 10.0 Å². The third kappa shape index (κ3) is 5.44. The number of esters is 1. The third-order valence-corrected chi connectivity index (χ3v) is 3.57. The molecule has 1 amide bonds. The number of hydrogen-bond donors (Lipinski definition) is 2. The van der Waals surface area contributed by atoms with Gasteiger partial charge >= 0.3 is 5.97 Å². The fourth-order valence-corrected chi connectivity index (χ4v) is 2.10. The van der Waals surface area contributed by atoms with Gasteiger partial charge in [0.2, 0.25) is 0 Å². The number of amides is 1. The van der Waals surface area contributed by atoms with Gasteiger partial charge < -0.3 is 15.8 Å². The maximum Gasteiger partial charge on any atom is 0.338 e. The summed E-state index contributed by atoms with van der Waals surface area (Å²) in [5.41, 5.74) is 5.94. The monoisotopic (exact) mass is 332 g/mol. The van der Waals surface area contributed by atoms with Crippen molar-refractivity contribution < 1.29 is 14.3 Å². The van der Waals surface area contributed by atoms with Crippen molar-refractivity contribution >= 4 is 40.8 Å². The van der Waals surface area contributed by atoms with Gasteiger partial charge in [0, 0.05) is 6.04 Å². The largest absolute Gasteiger partial charge is 0.452 e. The van der Waals surface area contributed by atoms with Gasteiger partial charge in [0.05, 0.1) is 21.3 Å². The van der Waals surface area contributed by atoms with Crippen LogP contribution in [-0.4, -0.2) is 24.5 Å². The summed E-state index contributed by atoms with van der Waals surface area (Å²) in [6.07, 6.45) is 1.83. The van der Waals surface area contributed by atoms with Crippen LogP contribution in [-0.2, 0) is 9.53 Å². The van der Waals surface area contributed by atoms with Crippen LogP contribution in [0.1, 0.15) is 37.0 Å². The molecule has 0 saturated heterocycles. The van der Waals surface area contributed by atoms with Crippen LogP contribution in [0.4, 0.5) is 5.69 Å². The Hall–Kier alpha value is -1.46. The summed E-state index contributed by atoms with van der Waals surface area (Å²) in [5, 5.41) is 3.07. The Bertz CT molecular complexity index is 512. The average Bonchev–Trinajstić information content (AvgIpc) is 2.41. The fraction of sp³-hybridized carbons (Fsp3) is 0.429. The smallest absolute Gasteiger partial charge is 0.338 e. The summed E-state index contributed by atoms with van der Waals surface area (Å²) in [6, 6.07) is 2.75. The number of halogens is 2. The lowest BCUT2D eigenvalue weighted by atomic mass is 10.2. The van der Waals surface area contributed by atoms with Crippen molar-refractivity contribution in [2.45, 2.75) is 32.7 Å². The molecule has 0 aliphatic heterocycles. The van der Waals surface area contributed by atoms with E-state index < -0.39 is 5.97 Å². The molecule has 5 nitrogen and oxygen atoms in total. The minimum absolute atomic E-state index is 0.0434. The Kier molecular flexibility index (Phi) is 6.78. The molecule has 1 atom stereocenters. The molecule has 0 spiro atoms. The molecule has 21 heavy (non-hydrogen) atoms. The van der Waals surface area contributed by atoms with E-state index in [9.17, 15) is 9.59 Å². The Balaban J connectivity index is 2.56. The molecule has 1 aromatic carbocycles. The number of benzene rings is 1. The van der Waals surface area contributed by atoms with E-state index in [0.717, 1.165) is 12.8 Å².